The Kier molecular flexibility index (Phi) is 11.1. The molecular formula is C7H22O7P2. The van der Waals surface area contributed by atoms with Gasteiger partial charge in [-0.25, -0.2) is 4.57 Å². The Hall–Kier alpha value is 0.420. The zero-order chi connectivity index (χ0) is 13.2. The molecule has 0 saturated heterocycles. The van der Waals surface area contributed by atoms with Gasteiger partial charge in [-0.3, -0.25) is 13.6 Å². The molecule has 0 atom stereocenters. The monoisotopic (exact) mass is 280 g/mol. The minimum Gasteiger partial charge on any atom is -0.290 e. The summed E-state index contributed by atoms with van der Waals surface area (Å²) in [5.74, 6) is 0. The molecule has 0 saturated carbocycles. The van der Waals surface area contributed by atoms with Gasteiger partial charge in [-0.2, -0.15) is 0 Å². The van der Waals surface area contributed by atoms with Crippen molar-refractivity contribution in [1.82, 2.24) is 0 Å². The smallest absolute Gasteiger partial charge is 0.290 e. The van der Waals surface area contributed by atoms with Gasteiger partial charge in [0.05, 0.1) is 0 Å². The van der Waals surface area contributed by atoms with Gasteiger partial charge in [0, 0.05) is 21.3 Å². The number of hydrogen-bond acceptors (Lipinski definition) is 7. The van der Waals surface area contributed by atoms with Crippen LogP contribution in [0.15, 0.2) is 0 Å². The summed E-state index contributed by atoms with van der Waals surface area (Å²) in [4.78, 5) is 25.2. The fourth-order valence-electron chi connectivity index (χ4n) is 0.638. The van der Waals surface area contributed by atoms with E-state index in [1.54, 1.807) is 0 Å². The van der Waals surface area contributed by atoms with Crippen LogP contribution in [0.3, 0.4) is 0 Å². The molecule has 0 spiro atoms. The fraction of sp³-hybridized carbons (Fsp3) is 1.00. The summed E-state index contributed by atoms with van der Waals surface area (Å²) in [6.45, 7) is 1.93. The molecule has 0 unspecified atom stereocenters. The average Bonchev–Trinajstić information content (AvgIpc) is 2.25. The molecule has 0 aromatic rings. The first-order chi connectivity index (χ1) is 7.24. The van der Waals surface area contributed by atoms with Crippen LogP contribution < -0.4 is 0 Å². The Bertz CT molecular complexity index is 184. The van der Waals surface area contributed by atoms with E-state index in [9.17, 15) is 4.57 Å². The van der Waals surface area contributed by atoms with Crippen molar-refractivity contribution in [2.75, 3.05) is 27.5 Å². The second-order valence-electron chi connectivity index (χ2n) is 2.87. The van der Waals surface area contributed by atoms with Crippen LogP contribution in [0.4, 0.5) is 0 Å². The Balaban J connectivity index is 0. The molecule has 0 fully saturated rings. The van der Waals surface area contributed by atoms with E-state index in [1.165, 1.54) is 21.3 Å². The minimum absolute atomic E-state index is 0.170. The van der Waals surface area contributed by atoms with Crippen LogP contribution in [-0.4, -0.2) is 42.2 Å². The summed E-state index contributed by atoms with van der Waals surface area (Å²) in [6, 6.07) is 0. The molecule has 0 rings (SSSR count). The van der Waals surface area contributed by atoms with Crippen molar-refractivity contribution < 1.29 is 32.8 Å². The molecule has 0 amide bonds. The molecule has 0 aliphatic heterocycles. The predicted octanol–water partition coefficient (Wildman–Crippen LogP) is 1.29. The molecule has 102 valence electrons. The number of rotatable bonds is 6. The first-order valence-corrected chi connectivity index (χ1v) is 8.20. The molecule has 0 aromatic carbocycles. The SMILES string of the molecule is CCCC[PH](O)(O)O.COP(=O)(OC)OC. The van der Waals surface area contributed by atoms with Gasteiger partial charge in [0.1, 0.15) is 0 Å². The number of phosphoric ester groups is 1. The fourth-order valence-corrected chi connectivity index (χ4v) is 1.91. The van der Waals surface area contributed by atoms with Crippen molar-refractivity contribution in [3.8, 4) is 0 Å². The predicted molar refractivity (Wildman–Crippen MR) is 63.4 cm³/mol. The molecule has 0 aliphatic rings. The maximum absolute atomic E-state index is 10.7. The van der Waals surface area contributed by atoms with E-state index in [0.29, 0.717) is 6.42 Å². The second kappa shape index (κ2) is 9.45. The third-order valence-corrected chi connectivity index (χ3v) is 3.90. The summed E-state index contributed by atoms with van der Waals surface area (Å²) in [6.07, 6.45) is 1.75. The molecule has 0 radical (unpaired) electrons. The summed E-state index contributed by atoms with van der Waals surface area (Å²) >= 11 is 0. The van der Waals surface area contributed by atoms with Crippen LogP contribution in [0.5, 0.6) is 0 Å². The van der Waals surface area contributed by atoms with Crippen LogP contribution in [0, 0.1) is 0 Å². The Morgan fingerprint density at radius 2 is 1.44 bits per heavy atom. The largest absolute Gasteiger partial charge is 0.473 e. The van der Waals surface area contributed by atoms with Gasteiger partial charge in [0.25, 0.3) is 0 Å². The van der Waals surface area contributed by atoms with Crippen LogP contribution >= 0.6 is 15.8 Å². The maximum atomic E-state index is 10.7. The van der Waals surface area contributed by atoms with E-state index >= 15 is 0 Å². The van der Waals surface area contributed by atoms with Gasteiger partial charge in [-0.1, -0.05) is 0 Å². The van der Waals surface area contributed by atoms with E-state index in [4.69, 9.17) is 14.7 Å². The van der Waals surface area contributed by atoms with Crippen molar-refractivity contribution in [3.05, 3.63) is 0 Å². The summed E-state index contributed by atoms with van der Waals surface area (Å²) < 4.78 is 23.7. The molecule has 0 bridgehead atoms. The zero-order valence-electron chi connectivity index (χ0n) is 10.0. The molecule has 0 aromatic heterocycles. The van der Waals surface area contributed by atoms with Gasteiger partial charge in [0.15, 0.2) is 0 Å². The molecule has 0 heterocycles. The normalized spacial score (nSPS) is 12.9. The van der Waals surface area contributed by atoms with Crippen LogP contribution in [0.25, 0.3) is 0 Å². The van der Waals surface area contributed by atoms with Gasteiger partial charge >= 0.3 is 56.4 Å². The maximum Gasteiger partial charge on any atom is 0.473 e. The standard InChI is InChI=1S/C4H13O3P.C3H9O4P/c1-2-3-4-8(5,6)7;1-5-8(4,6-2)7-3/h5-8H,2-4H2,1H3;1-3H3. The Labute approximate surface area is 96.6 Å². The average molecular weight is 280 g/mol. The first kappa shape index (κ1) is 18.8. The van der Waals surface area contributed by atoms with Gasteiger partial charge in [0.2, 0.25) is 0 Å². The third-order valence-electron chi connectivity index (χ3n) is 1.54. The summed E-state index contributed by atoms with van der Waals surface area (Å²) in [7, 11) is -3.07. The Morgan fingerprint density at radius 3 is 1.50 bits per heavy atom. The van der Waals surface area contributed by atoms with E-state index in [0.717, 1.165) is 6.42 Å². The van der Waals surface area contributed by atoms with E-state index in [1.807, 2.05) is 6.92 Å². The van der Waals surface area contributed by atoms with Crippen molar-refractivity contribution in [1.29, 1.82) is 0 Å². The van der Waals surface area contributed by atoms with Crippen LogP contribution in [0.1, 0.15) is 19.8 Å². The van der Waals surface area contributed by atoms with Gasteiger partial charge < -0.3 is 0 Å². The van der Waals surface area contributed by atoms with Crippen molar-refractivity contribution in [2.45, 2.75) is 19.8 Å². The topological polar surface area (TPSA) is 105 Å². The van der Waals surface area contributed by atoms with Crippen molar-refractivity contribution in [3.63, 3.8) is 0 Å². The van der Waals surface area contributed by atoms with Crippen molar-refractivity contribution in [2.24, 2.45) is 0 Å². The Morgan fingerprint density at radius 1 is 1.06 bits per heavy atom. The number of hydrogen-bond donors (Lipinski definition) is 3. The third kappa shape index (κ3) is 12.5. The quantitative estimate of drug-likeness (QED) is 0.629. The van der Waals surface area contributed by atoms with Crippen LogP contribution in [-0.2, 0) is 18.1 Å². The minimum atomic E-state index is -3.68. The van der Waals surface area contributed by atoms with Crippen molar-refractivity contribution >= 4 is 15.8 Å². The number of phosphoric acid groups is 1. The van der Waals surface area contributed by atoms with Gasteiger partial charge in [-0.15, -0.1) is 0 Å². The summed E-state index contributed by atoms with van der Waals surface area (Å²) in [5, 5.41) is 0. The molecular weight excluding hydrogens is 258 g/mol. The van der Waals surface area contributed by atoms with E-state index < -0.39 is 15.8 Å². The molecule has 0 aliphatic carbocycles. The van der Waals surface area contributed by atoms with E-state index in [-0.39, 0.29) is 6.16 Å². The zero-order valence-corrected chi connectivity index (χ0v) is 11.9. The summed E-state index contributed by atoms with van der Waals surface area (Å²) in [5.41, 5.74) is 0. The first-order valence-electron chi connectivity index (χ1n) is 4.69. The van der Waals surface area contributed by atoms with Gasteiger partial charge in [-0.05, 0) is 0 Å². The van der Waals surface area contributed by atoms with E-state index in [2.05, 4.69) is 13.6 Å². The molecule has 7 nitrogen and oxygen atoms in total. The van der Waals surface area contributed by atoms with Crippen LogP contribution in [0.2, 0.25) is 0 Å². The molecule has 16 heavy (non-hydrogen) atoms. The molecule has 9 heteroatoms. The molecule has 3 N–H and O–H groups in total. The number of unbranched alkanes of at least 4 members (excludes halogenated alkanes) is 1. The second-order valence-corrected chi connectivity index (χ2v) is 6.91.